The molecule has 3 rings (SSSR count). The highest BCUT2D eigenvalue weighted by molar-refractivity contribution is 6.33. The van der Waals surface area contributed by atoms with Crippen molar-refractivity contribution in [1.29, 1.82) is 0 Å². The van der Waals surface area contributed by atoms with E-state index in [1.54, 1.807) is 14.0 Å². The maximum absolute atomic E-state index is 13.3. The molecule has 0 aliphatic heterocycles. The number of alkyl halides is 3. The van der Waals surface area contributed by atoms with Crippen LogP contribution in [0.15, 0.2) is 36.7 Å². The Morgan fingerprint density at radius 2 is 1.84 bits per heavy atom. The van der Waals surface area contributed by atoms with Crippen molar-refractivity contribution in [3.8, 4) is 22.4 Å². The molecule has 0 atom stereocenters. The van der Waals surface area contributed by atoms with Gasteiger partial charge >= 0.3 is 6.18 Å². The number of pyridine rings is 1. The highest BCUT2D eigenvalue weighted by atomic mass is 35.5. The van der Waals surface area contributed by atoms with Crippen LogP contribution in [-0.4, -0.2) is 14.8 Å². The Morgan fingerprint density at radius 3 is 2.48 bits per heavy atom. The van der Waals surface area contributed by atoms with Crippen molar-refractivity contribution in [2.75, 3.05) is 0 Å². The molecule has 3 aromatic rings. The maximum Gasteiger partial charge on any atom is 0.417 e. The number of halogens is 5. The molecule has 1 aromatic carbocycles. The van der Waals surface area contributed by atoms with Gasteiger partial charge in [0.05, 0.1) is 22.0 Å². The number of rotatable bonds is 2. The summed E-state index contributed by atoms with van der Waals surface area (Å²) in [6.07, 6.45) is -2.42. The summed E-state index contributed by atoms with van der Waals surface area (Å²) in [5.74, 6) is -0.502. The van der Waals surface area contributed by atoms with E-state index in [0.29, 0.717) is 22.5 Å². The minimum atomic E-state index is -4.51. The zero-order chi connectivity index (χ0) is 18.4. The van der Waals surface area contributed by atoms with Gasteiger partial charge in [-0.2, -0.15) is 18.3 Å². The van der Waals surface area contributed by atoms with Crippen molar-refractivity contribution in [3.05, 3.63) is 58.8 Å². The quantitative estimate of drug-likeness (QED) is 0.576. The monoisotopic (exact) mass is 369 g/mol. The lowest BCUT2D eigenvalue weighted by atomic mass is 9.99. The van der Waals surface area contributed by atoms with Crippen LogP contribution in [0.2, 0.25) is 5.02 Å². The van der Waals surface area contributed by atoms with Gasteiger partial charge in [0, 0.05) is 36.1 Å². The first-order valence-electron chi connectivity index (χ1n) is 7.20. The summed E-state index contributed by atoms with van der Waals surface area (Å²) < 4.78 is 53.8. The first kappa shape index (κ1) is 17.4. The molecule has 0 saturated heterocycles. The summed E-state index contributed by atoms with van der Waals surface area (Å²) in [6, 6.07) is 4.87. The van der Waals surface area contributed by atoms with Gasteiger partial charge in [-0.3, -0.25) is 9.67 Å². The molecule has 3 nitrogen and oxygen atoms in total. The van der Waals surface area contributed by atoms with Gasteiger partial charge in [-0.1, -0.05) is 11.6 Å². The summed E-state index contributed by atoms with van der Waals surface area (Å²) in [7, 11) is 1.61. The molecule has 2 heterocycles. The first-order valence-corrected chi connectivity index (χ1v) is 7.58. The second-order valence-corrected chi connectivity index (χ2v) is 5.92. The molecule has 0 radical (unpaired) electrons. The fourth-order valence-corrected chi connectivity index (χ4v) is 2.99. The molecular weight excluding hydrogens is 358 g/mol. The number of aryl methyl sites for hydroxylation is 2. The smallest absolute Gasteiger partial charge is 0.267 e. The van der Waals surface area contributed by atoms with Crippen molar-refractivity contribution in [2.45, 2.75) is 13.1 Å². The van der Waals surface area contributed by atoms with Crippen molar-refractivity contribution >= 4 is 11.6 Å². The van der Waals surface area contributed by atoms with Crippen LogP contribution in [0.4, 0.5) is 17.6 Å². The number of nitrogens with zero attached hydrogens (tertiary/aromatic N) is 3. The molecule has 130 valence electrons. The van der Waals surface area contributed by atoms with E-state index in [2.05, 4.69) is 10.1 Å². The Bertz CT molecular complexity index is 948. The number of aromatic nitrogens is 3. The van der Waals surface area contributed by atoms with Crippen LogP contribution in [0.3, 0.4) is 0 Å². The maximum atomic E-state index is 13.3. The van der Waals surface area contributed by atoms with Gasteiger partial charge in [-0.15, -0.1) is 0 Å². The molecule has 2 aromatic heterocycles. The molecule has 0 N–H and O–H groups in total. The first-order chi connectivity index (χ1) is 11.7. The zero-order valence-electron chi connectivity index (χ0n) is 13.2. The van der Waals surface area contributed by atoms with E-state index in [1.807, 2.05) is 0 Å². The van der Waals surface area contributed by atoms with Crippen LogP contribution in [-0.2, 0) is 13.2 Å². The third-order valence-corrected chi connectivity index (χ3v) is 4.07. The molecule has 0 amide bonds. The van der Waals surface area contributed by atoms with Gasteiger partial charge < -0.3 is 0 Å². The number of hydrogen-bond donors (Lipinski definition) is 0. The average Bonchev–Trinajstić information content (AvgIpc) is 2.81. The topological polar surface area (TPSA) is 30.7 Å². The average molecular weight is 370 g/mol. The third-order valence-electron chi connectivity index (χ3n) is 3.76. The Labute approximate surface area is 145 Å². The lowest BCUT2D eigenvalue weighted by Crippen LogP contribution is -2.06. The van der Waals surface area contributed by atoms with Crippen molar-refractivity contribution in [2.24, 2.45) is 7.05 Å². The van der Waals surface area contributed by atoms with Crippen LogP contribution >= 0.6 is 11.6 Å². The molecule has 0 bridgehead atoms. The molecule has 8 heteroatoms. The zero-order valence-corrected chi connectivity index (χ0v) is 14.0. The summed E-state index contributed by atoms with van der Waals surface area (Å²) in [4.78, 5) is 3.70. The standard InChI is InChI=1S/C17H12ClF4N3/c1-9-15(13-4-3-12(19)6-14(13)18)16(25(2)24-9)10-5-11(8-23-7-10)17(20,21)22/h3-8H,1-2H3. The fourth-order valence-electron chi connectivity index (χ4n) is 2.73. The predicted octanol–water partition coefficient (Wildman–Crippen LogP) is 5.27. The van der Waals surface area contributed by atoms with Gasteiger partial charge in [0.2, 0.25) is 0 Å². The number of hydrogen-bond acceptors (Lipinski definition) is 2. The van der Waals surface area contributed by atoms with Crippen LogP contribution in [0, 0.1) is 12.7 Å². The van der Waals surface area contributed by atoms with E-state index < -0.39 is 17.6 Å². The summed E-state index contributed by atoms with van der Waals surface area (Å²) in [5.41, 5.74) is 1.39. The minimum Gasteiger partial charge on any atom is -0.267 e. The lowest BCUT2D eigenvalue weighted by molar-refractivity contribution is -0.137. The second kappa shape index (κ2) is 6.15. The molecule has 0 aliphatic rings. The van der Waals surface area contributed by atoms with Crippen LogP contribution in [0.5, 0.6) is 0 Å². The molecule has 0 saturated carbocycles. The van der Waals surface area contributed by atoms with E-state index in [-0.39, 0.29) is 10.6 Å². The van der Waals surface area contributed by atoms with E-state index in [1.165, 1.54) is 23.0 Å². The van der Waals surface area contributed by atoms with E-state index in [9.17, 15) is 17.6 Å². The molecule has 25 heavy (non-hydrogen) atoms. The van der Waals surface area contributed by atoms with E-state index in [4.69, 9.17) is 11.6 Å². The summed E-state index contributed by atoms with van der Waals surface area (Å²) >= 11 is 6.14. The summed E-state index contributed by atoms with van der Waals surface area (Å²) in [6.45, 7) is 1.71. The van der Waals surface area contributed by atoms with Crippen LogP contribution in [0.1, 0.15) is 11.3 Å². The van der Waals surface area contributed by atoms with Crippen LogP contribution in [0.25, 0.3) is 22.4 Å². The van der Waals surface area contributed by atoms with Gasteiger partial charge in [-0.25, -0.2) is 4.39 Å². The van der Waals surface area contributed by atoms with Gasteiger partial charge in [0.1, 0.15) is 5.82 Å². The molecule has 0 fully saturated rings. The Hall–Kier alpha value is -2.41. The lowest BCUT2D eigenvalue weighted by Gasteiger charge is -2.11. The molecular formula is C17H12ClF4N3. The van der Waals surface area contributed by atoms with Crippen molar-refractivity contribution in [3.63, 3.8) is 0 Å². The summed E-state index contributed by atoms with van der Waals surface area (Å²) in [5, 5.41) is 4.42. The SMILES string of the molecule is Cc1nn(C)c(-c2cncc(C(F)(F)F)c2)c1-c1ccc(F)cc1Cl. The van der Waals surface area contributed by atoms with Crippen molar-refractivity contribution in [1.82, 2.24) is 14.8 Å². The predicted molar refractivity (Wildman–Crippen MR) is 86.6 cm³/mol. The second-order valence-electron chi connectivity index (χ2n) is 5.52. The van der Waals surface area contributed by atoms with Gasteiger partial charge in [0.25, 0.3) is 0 Å². The van der Waals surface area contributed by atoms with Crippen molar-refractivity contribution < 1.29 is 17.6 Å². The molecule has 0 unspecified atom stereocenters. The van der Waals surface area contributed by atoms with E-state index in [0.717, 1.165) is 18.3 Å². The Balaban J connectivity index is 2.25. The minimum absolute atomic E-state index is 0.150. The molecule has 0 spiro atoms. The Kier molecular flexibility index (Phi) is 4.28. The fraction of sp³-hybridized carbons (Fsp3) is 0.176. The third kappa shape index (κ3) is 3.24. The highest BCUT2D eigenvalue weighted by Gasteiger charge is 2.32. The van der Waals surface area contributed by atoms with E-state index >= 15 is 0 Å². The van der Waals surface area contributed by atoms with Crippen LogP contribution < -0.4 is 0 Å². The Morgan fingerprint density at radius 1 is 1.12 bits per heavy atom. The number of benzene rings is 1. The van der Waals surface area contributed by atoms with Gasteiger partial charge in [-0.05, 0) is 31.2 Å². The largest absolute Gasteiger partial charge is 0.417 e. The molecule has 0 aliphatic carbocycles. The van der Waals surface area contributed by atoms with Gasteiger partial charge in [0.15, 0.2) is 0 Å². The highest BCUT2D eigenvalue weighted by Crippen LogP contribution is 2.39. The normalized spacial score (nSPS) is 11.8.